The number of nitriles is 1. The second kappa shape index (κ2) is 3.41. The van der Waals surface area contributed by atoms with Crippen LogP contribution in [0.25, 0.3) is 0 Å². The van der Waals surface area contributed by atoms with Crippen LogP contribution in [0.15, 0.2) is 12.3 Å². The van der Waals surface area contributed by atoms with Crippen LogP contribution in [0.4, 0.5) is 0 Å². The molecular weight excluding hydrogens is 152 g/mol. The minimum absolute atomic E-state index is 0.247. The molecule has 0 aliphatic carbocycles. The number of rotatable bonds is 1. The molecule has 1 aromatic rings. The van der Waals surface area contributed by atoms with Gasteiger partial charge in [-0.2, -0.15) is 5.26 Å². The zero-order valence-electron chi connectivity index (χ0n) is 6.53. The summed E-state index contributed by atoms with van der Waals surface area (Å²) in [4.78, 5) is 3.81. The van der Waals surface area contributed by atoms with Gasteiger partial charge >= 0.3 is 0 Å². The van der Waals surface area contributed by atoms with E-state index in [1.54, 1.807) is 6.07 Å². The number of pyridine rings is 1. The van der Waals surface area contributed by atoms with Gasteiger partial charge < -0.3 is 4.74 Å². The maximum absolute atomic E-state index is 8.57. The van der Waals surface area contributed by atoms with E-state index in [9.17, 15) is 0 Å². The Labute approximate surface area is 70.6 Å². The highest BCUT2D eigenvalue weighted by molar-refractivity contribution is 5.43. The molecule has 1 aromatic heterocycles. The van der Waals surface area contributed by atoms with E-state index in [4.69, 9.17) is 16.4 Å². The fourth-order valence-corrected chi connectivity index (χ4v) is 0.763. The molecule has 0 bridgehead atoms. The van der Waals surface area contributed by atoms with E-state index in [1.165, 1.54) is 13.3 Å². The van der Waals surface area contributed by atoms with Crippen molar-refractivity contribution < 1.29 is 4.74 Å². The van der Waals surface area contributed by atoms with Crippen molar-refractivity contribution in [3.8, 4) is 24.2 Å². The topological polar surface area (TPSA) is 45.9 Å². The van der Waals surface area contributed by atoms with Crippen LogP contribution in [-0.4, -0.2) is 12.1 Å². The molecule has 0 atom stereocenters. The third kappa shape index (κ3) is 1.36. The molecule has 12 heavy (non-hydrogen) atoms. The molecule has 3 nitrogen and oxygen atoms in total. The van der Waals surface area contributed by atoms with Gasteiger partial charge in [-0.05, 0) is 0 Å². The Morgan fingerprint density at radius 3 is 2.92 bits per heavy atom. The number of hydrogen-bond acceptors (Lipinski definition) is 3. The molecule has 1 rings (SSSR count). The summed E-state index contributed by atoms with van der Waals surface area (Å²) in [5.41, 5.74) is 0.849. The minimum atomic E-state index is 0.247. The fraction of sp³-hybridized carbons (Fsp3) is 0.111. The summed E-state index contributed by atoms with van der Waals surface area (Å²) in [6.07, 6.45) is 6.60. The highest BCUT2D eigenvalue weighted by Crippen LogP contribution is 2.15. The van der Waals surface area contributed by atoms with E-state index < -0.39 is 0 Å². The molecule has 0 spiro atoms. The van der Waals surface area contributed by atoms with Gasteiger partial charge in [-0.3, -0.25) is 0 Å². The lowest BCUT2D eigenvalue weighted by atomic mass is 10.2. The van der Waals surface area contributed by atoms with E-state index in [0.717, 1.165) is 0 Å². The van der Waals surface area contributed by atoms with Crippen molar-refractivity contribution in [2.45, 2.75) is 0 Å². The van der Waals surface area contributed by atoms with Gasteiger partial charge in [0.25, 0.3) is 0 Å². The van der Waals surface area contributed by atoms with Gasteiger partial charge in [-0.1, -0.05) is 5.92 Å². The monoisotopic (exact) mass is 158 g/mol. The number of ether oxygens (including phenoxy) is 1. The lowest BCUT2D eigenvalue weighted by molar-refractivity contribution is 0.411. The lowest BCUT2D eigenvalue weighted by Crippen LogP contribution is -1.92. The van der Waals surface area contributed by atoms with E-state index in [0.29, 0.717) is 11.3 Å². The summed E-state index contributed by atoms with van der Waals surface area (Å²) in [5.74, 6) is 2.81. The van der Waals surface area contributed by atoms with Gasteiger partial charge in [0.15, 0.2) is 11.4 Å². The summed E-state index contributed by atoms with van der Waals surface area (Å²) in [7, 11) is 1.47. The maximum Gasteiger partial charge on any atom is 0.182 e. The molecule has 1 heterocycles. The number of nitrogens with zero attached hydrogens (tertiary/aromatic N) is 2. The molecule has 58 valence electrons. The highest BCUT2D eigenvalue weighted by atomic mass is 16.5. The van der Waals surface area contributed by atoms with E-state index in [-0.39, 0.29) is 5.69 Å². The Kier molecular flexibility index (Phi) is 2.30. The summed E-state index contributed by atoms with van der Waals surface area (Å²) >= 11 is 0. The first kappa shape index (κ1) is 8.10. The normalized spacial score (nSPS) is 8.25. The molecule has 0 N–H and O–H groups in total. The van der Waals surface area contributed by atoms with E-state index in [1.807, 2.05) is 6.07 Å². The molecular formula is C9H6N2O. The summed E-state index contributed by atoms with van der Waals surface area (Å²) in [5, 5.41) is 8.57. The molecule has 0 aliphatic rings. The minimum Gasteiger partial charge on any atom is -0.494 e. The fourth-order valence-electron chi connectivity index (χ4n) is 0.763. The second-order valence-electron chi connectivity index (χ2n) is 2.03. The van der Waals surface area contributed by atoms with Gasteiger partial charge in [0.05, 0.1) is 7.11 Å². The molecule has 0 unspecified atom stereocenters. The van der Waals surface area contributed by atoms with Crippen LogP contribution in [0.3, 0.4) is 0 Å². The van der Waals surface area contributed by atoms with Crippen LogP contribution >= 0.6 is 0 Å². The van der Waals surface area contributed by atoms with Gasteiger partial charge in [-0.25, -0.2) is 4.98 Å². The van der Waals surface area contributed by atoms with E-state index in [2.05, 4.69) is 10.9 Å². The Morgan fingerprint density at radius 2 is 2.42 bits per heavy atom. The van der Waals surface area contributed by atoms with Crippen LogP contribution in [0, 0.1) is 23.7 Å². The average molecular weight is 158 g/mol. The van der Waals surface area contributed by atoms with Crippen molar-refractivity contribution in [2.75, 3.05) is 7.11 Å². The van der Waals surface area contributed by atoms with Crippen molar-refractivity contribution in [3.05, 3.63) is 23.5 Å². The first-order valence-electron chi connectivity index (χ1n) is 3.22. The van der Waals surface area contributed by atoms with Crippen LogP contribution in [0.2, 0.25) is 0 Å². The molecule has 0 amide bonds. The Balaban J connectivity index is 3.24. The SMILES string of the molecule is C#Cc1cnc(C#N)c(OC)c1. The first-order chi connectivity index (χ1) is 5.81. The molecule has 3 heteroatoms. The molecule has 0 aliphatic heterocycles. The van der Waals surface area contributed by atoms with Crippen LogP contribution in [-0.2, 0) is 0 Å². The predicted octanol–water partition coefficient (Wildman–Crippen LogP) is 0.943. The Bertz CT molecular complexity index is 371. The van der Waals surface area contributed by atoms with Gasteiger partial charge in [0.1, 0.15) is 6.07 Å². The quantitative estimate of drug-likeness (QED) is 0.571. The Morgan fingerprint density at radius 1 is 1.67 bits per heavy atom. The van der Waals surface area contributed by atoms with Gasteiger partial charge in [0, 0.05) is 17.8 Å². The summed E-state index contributed by atoms with van der Waals surface area (Å²) in [6.45, 7) is 0. The highest BCUT2D eigenvalue weighted by Gasteiger charge is 2.02. The van der Waals surface area contributed by atoms with Crippen molar-refractivity contribution in [2.24, 2.45) is 0 Å². The lowest BCUT2D eigenvalue weighted by Gasteiger charge is -2.00. The Hall–Kier alpha value is -2.00. The molecule has 0 saturated carbocycles. The zero-order chi connectivity index (χ0) is 8.97. The van der Waals surface area contributed by atoms with Gasteiger partial charge in [0.2, 0.25) is 0 Å². The smallest absolute Gasteiger partial charge is 0.182 e. The molecule has 0 radical (unpaired) electrons. The third-order valence-corrected chi connectivity index (χ3v) is 1.35. The van der Waals surface area contributed by atoms with Crippen molar-refractivity contribution in [1.29, 1.82) is 5.26 Å². The maximum atomic E-state index is 8.57. The summed E-state index contributed by atoms with van der Waals surface area (Å²) < 4.78 is 4.90. The molecule has 0 fully saturated rings. The average Bonchev–Trinajstić information content (AvgIpc) is 2.16. The zero-order valence-corrected chi connectivity index (χ0v) is 6.53. The third-order valence-electron chi connectivity index (χ3n) is 1.35. The number of hydrogen-bond donors (Lipinski definition) is 0. The van der Waals surface area contributed by atoms with Gasteiger partial charge in [-0.15, -0.1) is 6.42 Å². The van der Waals surface area contributed by atoms with Crippen LogP contribution in [0.1, 0.15) is 11.3 Å². The molecule has 0 saturated heterocycles. The van der Waals surface area contributed by atoms with Crippen molar-refractivity contribution in [1.82, 2.24) is 4.98 Å². The summed E-state index contributed by atoms with van der Waals surface area (Å²) in [6, 6.07) is 3.50. The predicted molar refractivity (Wildman–Crippen MR) is 43.4 cm³/mol. The van der Waals surface area contributed by atoms with E-state index >= 15 is 0 Å². The van der Waals surface area contributed by atoms with Crippen LogP contribution < -0.4 is 4.74 Å². The molecule has 0 aromatic carbocycles. The van der Waals surface area contributed by atoms with Crippen molar-refractivity contribution >= 4 is 0 Å². The number of terminal acetylenes is 1. The second-order valence-corrected chi connectivity index (χ2v) is 2.03. The standard InChI is InChI=1S/C9H6N2O/c1-3-7-4-9(12-2)8(5-10)11-6-7/h1,4,6H,2H3. The number of methoxy groups -OCH3 is 1. The number of aromatic nitrogens is 1. The first-order valence-corrected chi connectivity index (χ1v) is 3.22. The largest absolute Gasteiger partial charge is 0.494 e. The van der Waals surface area contributed by atoms with Crippen LogP contribution in [0.5, 0.6) is 5.75 Å². The van der Waals surface area contributed by atoms with Crippen molar-refractivity contribution in [3.63, 3.8) is 0 Å².